The summed E-state index contributed by atoms with van der Waals surface area (Å²) in [6.45, 7) is 0. The zero-order valence-corrected chi connectivity index (χ0v) is 14.4. The lowest BCUT2D eigenvalue weighted by atomic mass is 10.0. The largest absolute Gasteiger partial charge is 0.341 e. The quantitative estimate of drug-likeness (QED) is 0.612. The molecule has 1 N–H and O–H groups in total. The van der Waals surface area contributed by atoms with Crippen molar-refractivity contribution in [3.05, 3.63) is 54.9 Å². The summed E-state index contributed by atoms with van der Waals surface area (Å²) in [7, 11) is 2.06. The van der Waals surface area contributed by atoms with Crippen molar-refractivity contribution in [3.63, 3.8) is 0 Å². The first-order valence-electron chi connectivity index (χ1n) is 8.75. The van der Waals surface area contributed by atoms with Gasteiger partial charge in [-0.3, -0.25) is 5.10 Å². The zero-order chi connectivity index (χ0) is 17.5. The Kier molecular flexibility index (Phi) is 3.41. The standard InChI is InChI=1S/C20H18N6/c1-26(15-7-8-15)20-21-10-9-17(23-20)16-11-14-12-22-25-19(14)24-18(16)13-5-3-2-4-6-13/h2-6,9-12,15H,7-8H2,1H3,(H,22,24,25). The van der Waals surface area contributed by atoms with Gasteiger partial charge in [-0.15, -0.1) is 0 Å². The number of fused-ring (bicyclic) bond motifs is 1. The molecule has 6 nitrogen and oxygen atoms in total. The number of H-pyrrole nitrogens is 1. The molecule has 1 fully saturated rings. The average Bonchev–Trinajstić information content (AvgIpc) is 3.45. The molecule has 0 bridgehead atoms. The van der Waals surface area contributed by atoms with E-state index in [9.17, 15) is 0 Å². The minimum absolute atomic E-state index is 0.563. The normalized spacial score (nSPS) is 13.9. The van der Waals surface area contributed by atoms with Gasteiger partial charge in [0, 0.05) is 35.8 Å². The Morgan fingerprint density at radius 2 is 1.92 bits per heavy atom. The Hall–Kier alpha value is -3.28. The topological polar surface area (TPSA) is 70.6 Å². The van der Waals surface area contributed by atoms with E-state index >= 15 is 0 Å². The van der Waals surface area contributed by atoms with Crippen molar-refractivity contribution < 1.29 is 0 Å². The van der Waals surface area contributed by atoms with E-state index < -0.39 is 0 Å². The third kappa shape index (κ3) is 2.60. The van der Waals surface area contributed by atoms with Gasteiger partial charge in [0.1, 0.15) is 0 Å². The maximum Gasteiger partial charge on any atom is 0.225 e. The van der Waals surface area contributed by atoms with Gasteiger partial charge in [-0.05, 0) is 25.0 Å². The molecule has 4 aromatic rings. The van der Waals surface area contributed by atoms with Gasteiger partial charge in [0.2, 0.25) is 5.95 Å². The molecule has 1 aromatic carbocycles. The van der Waals surface area contributed by atoms with Gasteiger partial charge in [-0.25, -0.2) is 15.0 Å². The predicted octanol–water partition coefficient (Wildman–Crippen LogP) is 3.68. The Morgan fingerprint density at radius 3 is 2.73 bits per heavy atom. The van der Waals surface area contributed by atoms with Crippen LogP contribution in [0.1, 0.15) is 12.8 Å². The molecule has 26 heavy (non-hydrogen) atoms. The van der Waals surface area contributed by atoms with Crippen molar-refractivity contribution in [2.75, 3.05) is 11.9 Å². The molecule has 1 saturated carbocycles. The van der Waals surface area contributed by atoms with Gasteiger partial charge in [0.05, 0.1) is 17.6 Å². The van der Waals surface area contributed by atoms with Crippen LogP contribution in [0.25, 0.3) is 33.5 Å². The molecule has 3 heterocycles. The highest BCUT2D eigenvalue weighted by molar-refractivity contribution is 5.89. The fourth-order valence-corrected chi connectivity index (χ4v) is 3.18. The number of nitrogens with one attached hydrogen (secondary N) is 1. The number of nitrogens with zero attached hydrogens (tertiary/aromatic N) is 5. The van der Waals surface area contributed by atoms with Crippen molar-refractivity contribution in [3.8, 4) is 22.5 Å². The van der Waals surface area contributed by atoms with E-state index in [1.54, 1.807) is 6.20 Å². The molecule has 0 amide bonds. The number of rotatable bonds is 4. The van der Waals surface area contributed by atoms with Crippen LogP contribution in [0, 0.1) is 0 Å². The first kappa shape index (κ1) is 15.0. The highest BCUT2D eigenvalue weighted by Crippen LogP contribution is 2.33. The molecule has 0 saturated heterocycles. The SMILES string of the molecule is CN(c1nccc(-c2cc3cn[nH]c3nc2-c2ccccc2)n1)C1CC1. The molecule has 6 heteroatoms. The smallest absolute Gasteiger partial charge is 0.225 e. The lowest BCUT2D eigenvalue weighted by Gasteiger charge is -2.17. The fraction of sp³-hybridized carbons (Fsp3) is 0.200. The lowest BCUT2D eigenvalue weighted by Crippen LogP contribution is -2.21. The predicted molar refractivity (Wildman–Crippen MR) is 102 cm³/mol. The molecule has 1 aliphatic carbocycles. The lowest BCUT2D eigenvalue weighted by molar-refractivity contribution is 0.862. The highest BCUT2D eigenvalue weighted by Gasteiger charge is 2.28. The van der Waals surface area contributed by atoms with Crippen molar-refractivity contribution in [2.24, 2.45) is 0 Å². The molecular weight excluding hydrogens is 324 g/mol. The van der Waals surface area contributed by atoms with Crippen LogP contribution in [-0.4, -0.2) is 38.2 Å². The molecular formula is C20H18N6. The summed E-state index contributed by atoms with van der Waals surface area (Å²) >= 11 is 0. The minimum Gasteiger partial charge on any atom is -0.341 e. The Balaban J connectivity index is 1.69. The summed E-state index contributed by atoms with van der Waals surface area (Å²) in [5, 5.41) is 8.05. The monoisotopic (exact) mass is 342 g/mol. The summed E-state index contributed by atoms with van der Waals surface area (Å²) < 4.78 is 0. The van der Waals surface area contributed by atoms with Crippen LogP contribution in [0.3, 0.4) is 0 Å². The average molecular weight is 342 g/mol. The first-order valence-corrected chi connectivity index (χ1v) is 8.75. The molecule has 3 aromatic heterocycles. The van der Waals surface area contributed by atoms with E-state index in [2.05, 4.69) is 45.3 Å². The van der Waals surface area contributed by atoms with Crippen LogP contribution in [0.2, 0.25) is 0 Å². The molecule has 0 atom stereocenters. The number of hydrogen-bond acceptors (Lipinski definition) is 5. The molecule has 128 valence electrons. The number of hydrogen-bond donors (Lipinski definition) is 1. The van der Waals surface area contributed by atoms with Crippen LogP contribution in [0.5, 0.6) is 0 Å². The van der Waals surface area contributed by atoms with Crippen LogP contribution in [0.15, 0.2) is 54.9 Å². The van der Waals surface area contributed by atoms with E-state index in [1.807, 2.05) is 30.5 Å². The zero-order valence-electron chi connectivity index (χ0n) is 14.4. The summed E-state index contributed by atoms with van der Waals surface area (Å²) in [4.78, 5) is 16.3. The van der Waals surface area contributed by atoms with Crippen LogP contribution in [0.4, 0.5) is 5.95 Å². The minimum atomic E-state index is 0.563. The second-order valence-electron chi connectivity index (χ2n) is 6.64. The molecule has 0 radical (unpaired) electrons. The Bertz CT molecular complexity index is 1070. The van der Waals surface area contributed by atoms with Crippen LogP contribution in [-0.2, 0) is 0 Å². The summed E-state index contributed by atoms with van der Waals surface area (Å²) in [5.41, 5.74) is 4.57. The number of anilines is 1. The van der Waals surface area contributed by atoms with Crippen LogP contribution >= 0.6 is 0 Å². The van der Waals surface area contributed by atoms with Crippen molar-refractivity contribution in [1.82, 2.24) is 25.1 Å². The number of aromatic nitrogens is 5. The summed E-state index contributed by atoms with van der Waals surface area (Å²) in [6.07, 6.45) is 6.04. The third-order valence-corrected chi connectivity index (χ3v) is 4.80. The summed E-state index contributed by atoms with van der Waals surface area (Å²) in [5.74, 6) is 0.760. The number of pyridine rings is 1. The van der Waals surface area contributed by atoms with Gasteiger partial charge in [0.15, 0.2) is 5.65 Å². The van der Waals surface area contributed by atoms with Gasteiger partial charge in [-0.1, -0.05) is 30.3 Å². The van der Waals surface area contributed by atoms with Gasteiger partial charge < -0.3 is 4.90 Å². The molecule has 1 aliphatic rings. The van der Waals surface area contributed by atoms with Gasteiger partial charge >= 0.3 is 0 Å². The third-order valence-electron chi connectivity index (χ3n) is 4.80. The van der Waals surface area contributed by atoms with Crippen LogP contribution < -0.4 is 4.90 Å². The van der Waals surface area contributed by atoms with Crippen molar-refractivity contribution >= 4 is 17.0 Å². The highest BCUT2D eigenvalue weighted by atomic mass is 15.3. The number of benzene rings is 1. The first-order chi connectivity index (χ1) is 12.8. The maximum atomic E-state index is 4.83. The van der Waals surface area contributed by atoms with E-state index in [0.717, 1.165) is 39.5 Å². The Morgan fingerprint density at radius 1 is 1.08 bits per heavy atom. The fourth-order valence-electron chi connectivity index (χ4n) is 3.18. The van der Waals surface area contributed by atoms with E-state index in [0.29, 0.717) is 6.04 Å². The molecule has 5 rings (SSSR count). The van der Waals surface area contributed by atoms with E-state index in [-0.39, 0.29) is 0 Å². The van der Waals surface area contributed by atoms with Gasteiger partial charge in [-0.2, -0.15) is 5.10 Å². The molecule has 0 aliphatic heterocycles. The van der Waals surface area contributed by atoms with E-state index in [1.165, 1.54) is 12.8 Å². The number of aromatic amines is 1. The van der Waals surface area contributed by atoms with E-state index in [4.69, 9.17) is 9.97 Å². The molecule has 0 unspecified atom stereocenters. The van der Waals surface area contributed by atoms with Gasteiger partial charge in [0.25, 0.3) is 0 Å². The second-order valence-corrected chi connectivity index (χ2v) is 6.64. The van der Waals surface area contributed by atoms with Crippen molar-refractivity contribution in [2.45, 2.75) is 18.9 Å². The maximum absolute atomic E-state index is 4.83. The molecule has 0 spiro atoms. The summed E-state index contributed by atoms with van der Waals surface area (Å²) in [6, 6.07) is 14.8. The second kappa shape index (κ2) is 5.91. The Labute approximate surface area is 150 Å². The van der Waals surface area contributed by atoms with Crippen molar-refractivity contribution in [1.29, 1.82) is 0 Å².